The van der Waals surface area contributed by atoms with E-state index in [1.165, 1.54) is 0 Å². The molecule has 0 unspecified atom stereocenters. The monoisotopic (exact) mass is 154 g/mol. The molecule has 1 aromatic heterocycles. The van der Waals surface area contributed by atoms with Crippen molar-refractivity contribution in [1.82, 2.24) is 9.55 Å². The Kier molecular flexibility index (Phi) is 1.94. The van der Waals surface area contributed by atoms with Gasteiger partial charge in [0.2, 0.25) is 0 Å². The summed E-state index contributed by atoms with van der Waals surface area (Å²) >= 11 is 0. The van der Waals surface area contributed by atoms with Crippen LogP contribution in [0.4, 0.5) is 0 Å². The minimum Gasteiger partial charge on any atom is -0.481 e. The third-order valence-corrected chi connectivity index (χ3v) is 1.49. The summed E-state index contributed by atoms with van der Waals surface area (Å²) in [6, 6.07) is 0. The Bertz CT molecular complexity index is 258. The number of aryl methyl sites for hydroxylation is 2. The molecule has 0 spiro atoms. The molecule has 1 rings (SSSR count). The van der Waals surface area contributed by atoms with Crippen LogP contribution in [0.3, 0.4) is 0 Å². The van der Waals surface area contributed by atoms with E-state index >= 15 is 0 Å². The summed E-state index contributed by atoms with van der Waals surface area (Å²) in [5.41, 5.74) is 0.609. The Morgan fingerprint density at radius 1 is 1.82 bits per heavy atom. The zero-order valence-electron chi connectivity index (χ0n) is 6.53. The maximum atomic E-state index is 10.2. The van der Waals surface area contributed by atoms with E-state index in [1.807, 2.05) is 14.0 Å². The topological polar surface area (TPSA) is 55.1 Å². The lowest BCUT2D eigenvalue weighted by Gasteiger charge is -1.87. The highest BCUT2D eigenvalue weighted by molar-refractivity contribution is 5.69. The zero-order valence-corrected chi connectivity index (χ0v) is 6.53. The van der Waals surface area contributed by atoms with Crippen molar-refractivity contribution in [2.45, 2.75) is 13.3 Å². The fraction of sp³-hybridized carbons (Fsp3) is 0.429. The Morgan fingerprint density at radius 2 is 2.45 bits per heavy atom. The van der Waals surface area contributed by atoms with Gasteiger partial charge in [-0.3, -0.25) is 4.79 Å². The highest BCUT2D eigenvalue weighted by Crippen LogP contribution is 2.00. The summed E-state index contributed by atoms with van der Waals surface area (Å²) in [5, 5.41) is 8.42. The van der Waals surface area contributed by atoms with Crippen LogP contribution in [0.25, 0.3) is 0 Å². The number of imidazole rings is 1. The van der Waals surface area contributed by atoms with Crippen LogP contribution in [0.2, 0.25) is 0 Å². The molecule has 11 heavy (non-hydrogen) atoms. The fourth-order valence-corrected chi connectivity index (χ4v) is 0.873. The van der Waals surface area contributed by atoms with Crippen molar-refractivity contribution >= 4 is 5.97 Å². The van der Waals surface area contributed by atoms with Crippen molar-refractivity contribution < 1.29 is 9.90 Å². The summed E-state index contributed by atoms with van der Waals surface area (Å²) in [6.07, 6.45) is 1.73. The minimum atomic E-state index is -0.844. The number of rotatable bonds is 2. The third-order valence-electron chi connectivity index (χ3n) is 1.49. The largest absolute Gasteiger partial charge is 0.481 e. The first-order valence-electron chi connectivity index (χ1n) is 3.30. The molecule has 0 aliphatic heterocycles. The number of hydrogen-bond acceptors (Lipinski definition) is 2. The lowest BCUT2D eigenvalue weighted by molar-refractivity contribution is -0.136. The van der Waals surface area contributed by atoms with Gasteiger partial charge < -0.3 is 9.67 Å². The summed E-state index contributed by atoms with van der Waals surface area (Å²) in [4.78, 5) is 14.3. The average Bonchev–Trinajstić information content (AvgIpc) is 2.10. The van der Waals surface area contributed by atoms with Crippen LogP contribution in [0.15, 0.2) is 6.20 Å². The van der Waals surface area contributed by atoms with Crippen molar-refractivity contribution in [2.75, 3.05) is 0 Å². The van der Waals surface area contributed by atoms with E-state index in [4.69, 9.17) is 5.11 Å². The first-order valence-corrected chi connectivity index (χ1v) is 3.30. The number of carbonyl (C=O) groups is 1. The van der Waals surface area contributed by atoms with Crippen LogP contribution >= 0.6 is 0 Å². The molecule has 0 saturated carbocycles. The van der Waals surface area contributed by atoms with Gasteiger partial charge in [0.1, 0.15) is 5.82 Å². The van der Waals surface area contributed by atoms with Crippen LogP contribution in [0.1, 0.15) is 11.5 Å². The summed E-state index contributed by atoms with van der Waals surface area (Å²) < 4.78 is 1.80. The Balaban J connectivity index is 2.81. The molecule has 0 atom stereocenters. The molecule has 0 aliphatic carbocycles. The van der Waals surface area contributed by atoms with E-state index in [-0.39, 0.29) is 6.42 Å². The molecule has 0 fully saturated rings. The maximum Gasteiger partial charge on any atom is 0.309 e. The average molecular weight is 154 g/mol. The lowest BCUT2D eigenvalue weighted by Crippen LogP contribution is -1.99. The minimum absolute atomic E-state index is 0.00167. The van der Waals surface area contributed by atoms with Crippen molar-refractivity contribution in [2.24, 2.45) is 7.05 Å². The van der Waals surface area contributed by atoms with Gasteiger partial charge in [-0.15, -0.1) is 0 Å². The SMILES string of the molecule is Cc1nc(CC(=O)O)cn1C. The number of nitrogens with zero attached hydrogens (tertiary/aromatic N) is 2. The Morgan fingerprint density at radius 3 is 2.82 bits per heavy atom. The second-order valence-electron chi connectivity index (χ2n) is 2.46. The van der Waals surface area contributed by atoms with Gasteiger partial charge in [0.25, 0.3) is 0 Å². The van der Waals surface area contributed by atoms with Gasteiger partial charge in [-0.25, -0.2) is 4.98 Å². The van der Waals surface area contributed by atoms with E-state index in [2.05, 4.69) is 4.98 Å². The van der Waals surface area contributed by atoms with E-state index in [9.17, 15) is 4.79 Å². The van der Waals surface area contributed by atoms with E-state index in [1.54, 1.807) is 10.8 Å². The van der Waals surface area contributed by atoms with Crippen molar-refractivity contribution in [3.05, 3.63) is 17.7 Å². The standard InChI is InChI=1S/C7H10N2O2/c1-5-8-6(3-7(10)11)4-9(5)2/h4H,3H2,1-2H3,(H,10,11). The number of aliphatic carboxylic acids is 1. The molecule has 60 valence electrons. The molecule has 0 radical (unpaired) electrons. The molecule has 1 N–H and O–H groups in total. The van der Waals surface area contributed by atoms with Crippen LogP contribution in [0, 0.1) is 6.92 Å². The summed E-state index contributed by atoms with van der Waals surface area (Å²) in [7, 11) is 1.84. The van der Waals surface area contributed by atoms with E-state index < -0.39 is 5.97 Å². The molecule has 0 aliphatic rings. The summed E-state index contributed by atoms with van der Waals surface area (Å²) in [5.74, 6) is -0.00986. The highest BCUT2D eigenvalue weighted by Gasteiger charge is 2.04. The highest BCUT2D eigenvalue weighted by atomic mass is 16.4. The van der Waals surface area contributed by atoms with Gasteiger partial charge in [-0.2, -0.15) is 0 Å². The van der Waals surface area contributed by atoms with Gasteiger partial charge in [0.05, 0.1) is 12.1 Å². The van der Waals surface area contributed by atoms with E-state index in [0.29, 0.717) is 5.69 Å². The summed E-state index contributed by atoms with van der Waals surface area (Å²) in [6.45, 7) is 1.84. The van der Waals surface area contributed by atoms with Crippen molar-refractivity contribution in [1.29, 1.82) is 0 Å². The van der Waals surface area contributed by atoms with Gasteiger partial charge >= 0.3 is 5.97 Å². The molecule has 4 nitrogen and oxygen atoms in total. The second-order valence-corrected chi connectivity index (χ2v) is 2.46. The normalized spacial score (nSPS) is 10.0. The van der Waals surface area contributed by atoms with Crippen molar-refractivity contribution in [3.8, 4) is 0 Å². The maximum absolute atomic E-state index is 10.2. The van der Waals surface area contributed by atoms with E-state index in [0.717, 1.165) is 5.82 Å². The van der Waals surface area contributed by atoms with Crippen LogP contribution < -0.4 is 0 Å². The Hall–Kier alpha value is -1.32. The first kappa shape index (κ1) is 7.78. The van der Waals surface area contributed by atoms with Gasteiger partial charge in [-0.1, -0.05) is 0 Å². The predicted molar refractivity (Wildman–Crippen MR) is 39.3 cm³/mol. The van der Waals surface area contributed by atoms with Gasteiger partial charge in [-0.05, 0) is 6.92 Å². The molecule has 1 heterocycles. The number of aromatic nitrogens is 2. The number of hydrogen-bond donors (Lipinski definition) is 1. The lowest BCUT2D eigenvalue weighted by atomic mass is 10.3. The molecule has 0 bridgehead atoms. The molecule has 0 aromatic carbocycles. The van der Waals surface area contributed by atoms with Crippen molar-refractivity contribution in [3.63, 3.8) is 0 Å². The smallest absolute Gasteiger partial charge is 0.309 e. The number of carboxylic acid groups (broad SMARTS) is 1. The number of carboxylic acids is 1. The molecule has 1 aromatic rings. The molecule has 0 saturated heterocycles. The zero-order chi connectivity index (χ0) is 8.43. The molecule has 0 amide bonds. The second kappa shape index (κ2) is 2.74. The van der Waals surface area contributed by atoms with Crippen LogP contribution in [-0.4, -0.2) is 20.6 Å². The van der Waals surface area contributed by atoms with Crippen LogP contribution in [0.5, 0.6) is 0 Å². The first-order chi connectivity index (χ1) is 5.09. The van der Waals surface area contributed by atoms with Gasteiger partial charge in [0.15, 0.2) is 0 Å². The predicted octanol–water partition coefficient (Wildman–Crippen LogP) is 0.356. The molecular formula is C7H10N2O2. The quantitative estimate of drug-likeness (QED) is 0.669. The molecule has 4 heteroatoms. The third kappa shape index (κ3) is 1.80. The fourth-order valence-electron chi connectivity index (χ4n) is 0.873. The molecular weight excluding hydrogens is 144 g/mol. The Labute approximate surface area is 64.5 Å². The van der Waals surface area contributed by atoms with Gasteiger partial charge in [0, 0.05) is 13.2 Å². The van der Waals surface area contributed by atoms with Crippen LogP contribution in [-0.2, 0) is 18.3 Å².